The molecule has 0 spiro atoms. The van der Waals surface area contributed by atoms with Crippen LogP contribution >= 0.6 is 0 Å². The lowest BCUT2D eigenvalue weighted by atomic mass is 10.1. The monoisotopic (exact) mass is 414 g/mol. The second kappa shape index (κ2) is 11.7. The van der Waals surface area contributed by atoms with E-state index in [-0.39, 0.29) is 30.0 Å². The number of nitrogens with zero attached hydrogens (tertiary/aromatic N) is 3. The van der Waals surface area contributed by atoms with Gasteiger partial charge in [0.05, 0.1) is 20.4 Å². The third-order valence-corrected chi connectivity index (χ3v) is 4.93. The van der Waals surface area contributed by atoms with Crippen molar-refractivity contribution in [2.24, 2.45) is 0 Å². The van der Waals surface area contributed by atoms with Gasteiger partial charge in [0.1, 0.15) is 5.69 Å². The summed E-state index contributed by atoms with van der Waals surface area (Å²) < 4.78 is 10.5. The van der Waals surface area contributed by atoms with Gasteiger partial charge in [-0.25, -0.2) is 4.98 Å². The number of rotatable bonds is 11. The summed E-state index contributed by atoms with van der Waals surface area (Å²) in [4.78, 5) is 34.8. The highest BCUT2D eigenvalue weighted by Crippen LogP contribution is 2.27. The Hall–Kier alpha value is -3.16. The van der Waals surface area contributed by atoms with Crippen LogP contribution in [-0.2, 0) is 11.2 Å². The van der Waals surface area contributed by atoms with Crippen LogP contribution in [0.5, 0.6) is 11.5 Å². The lowest BCUT2D eigenvalue weighted by Gasteiger charge is -2.28. The topological polar surface area (TPSA) is 93.7 Å². The summed E-state index contributed by atoms with van der Waals surface area (Å²) in [5.74, 6) is 1.02. The van der Waals surface area contributed by atoms with E-state index < -0.39 is 0 Å². The number of nitrogens with one attached hydrogen (secondary N) is 1. The van der Waals surface area contributed by atoms with Gasteiger partial charge in [-0.05, 0) is 37.5 Å². The molecule has 8 heteroatoms. The maximum absolute atomic E-state index is 12.7. The largest absolute Gasteiger partial charge is 0.493 e. The molecular weight excluding hydrogens is 384 g/mol. The molecule has 1 aromatic carbocycles. The second-order valence-electron chi connectivity index (χ2n) is 6.89. The first kappa shape index (κ1) is 23.1. The van der Waals surface area contributed by atoms with Gasteiger partial charge in [-0.15, -0.1) is 0 Å². The Kier molecular flexibility index (Phi) is 9.05. The van der Waals surface area contributed by atoms with Crippen LogP contribution in [0.2, 0.25) is 0 Å². The van der Waals surface area contributed by atoms with Crippen molar-refractivity contribution in [1.82, 2.24) is 20.2 Å². The molecule has 1 unspecified atom stereocenters. The Morgan fingerprint density at radius 2 is 1.93 bits per heavy atom. The molecule has 0 bridgehead atoms. The maximum atomic E-state index is 12.7. The van der Waals surface area contributed by atoms with Crippen molar-refractivity contribution >= 4 is 11.8 Å². The highest BCUT2D eigenvalue weighted by atomic mass is 16.5. The molecule has 0 aliphatic carbocycles. The van der Waals surface area contributed by atoms with E-state index in [1.54, 1.807) is 19.1 Å². The van der Waals surface area contributed by atoms with E-state index in [1.807, 2.05) is 32.0 Å². The van der Waals surface area contributed by atoms with E-state index in [4.69, 9.17) is 9.47 Å². The van der Waals surface area contributed by atoms with E-state index >= 15 is 0 Å². The van der Waals surface area contributed by atoms with Gasteiger partial charge in [0, 0.05) is 37.9 Å². The van der Waals surface area contributed by atoms with Crippen LogP contribution in [-0.4, -0.2) is 60.0 Å². The summed E-state index contributed by atoms with van der Waals surface area (Å²) in [5, 5.41) is 2.91. The molecule has 2 aromatic rings. The number of benzene rings is 1. The number of methoxy groups -OCH3 is 2. The van der Waals surface area contributed by atoms with E-state index in [1.165, 1.54) is 18.6 Å². The van der Waals surface area contributed by atoms with Gasteiger partial charge in [0.25, 0.3) is 5.91 Å². The number of hydrogen-bond acceptors (Lipinski definition) is 6. The quantitative estimate of drug-likeness (QED) is 0.607. The van der Waals surface area contributed by atoms with Gasteiger partial charge < -0.3 is 19.7 Å². The van der Waals surface area contributed by atoms with Crippen molar-refractivity contribution in [3.8, 4) is 11.5 Å². The third kappa shape index (κ3) is 6.43. The predicted octanol–water partition coefficient (Wildman–Crippen LogP) is 2.48. The molecule has 162 valence electrons. The Balaban J connectivity index is 1.86. The maximum Gasteiger partial charge on any atom is 0.274 e. The van der Waals surface area contributed by atoms with Crippen LogP contribution in [0, 0.1) is 0 Å². The molecule has 0 fully saturated rings. The fourth-order valence-electron chi connectivity index (χ4n) is 2.99. The van der Waals surface area contributed by atoms with Gasteiger partial charge in [0.15, 0.2) is 11.5 Å². The minimum atomic E-state index is -0.212. The lowest BCUT2D eigenvalue weighted by Crippen LogP contribution is -2.41. The minimum absolute atomic E-state index is 0.000861. The smallest absolute Gasteiger partial charge is 0.274 e. The first-order valence-electron chi connectivity index (χ1n) is 10.0. The standard InChI is InChI=1S/C22H30N4O4/c1-5-16(2)26(22(28)18-15-23-11-12-24-18)13-9-21(27)25-10-8-17-6-7-19(29-3)20(14-17)30-4/h6-7,11-12,14-16H,5,8-10,13H2,1-4H3,(H,25,27). The number of aromatic nitrogens is 2. The van der Waals surface area contributed by atoms with Crippen molar-refractivity contribution in [2.75, 3.05) is 27.3 Å². The number of amides is 2. The molecule has 8 nitrogen and oxygen atoms in total. The number of hydrogen-bond donors (Lipinski definition) is 1. The van der Waals surface area contributed by atoms with Gasteiger partial charge in [0.2, 0.25) is 5.91 Å². The van der Waals surface area contributed by atoms with Crippen LogP contribution in [0.15, 0.2) is 36.8 Å². The van der Waals surface area contributed by atoms with Crippen LogP contribution in [0.1, 0.15) is 42.7 Å². The first-order valence-corrected chi connectivity index (χ1v) is 10.0. The summed E-state index contributed by atoms with van der Waals surface area (Å²) in [6.45, 7) is 4.79. The van der Waals surface area contributed by atoms with Crippen LogP contribution < -0.4 is 14.8 Å². The Morgan fingerprint density at radius 1 is 1.17 bits per heavy atom. The Bertz CT molecular complexity index is 829. The summed E-state index contributed by atoms with van der Waals surface area (Å²) in [6.07, 6.45) is 6.13. The van der Waals surface area contributed by atoms with Gasteiger partial charge in [-0.1, -0.05) is 13.0 Å². The van der Waals surface area contributed by atoms with Crippen LogP contribution in [0.3, 0.4) is 0 Å². The zero-order chi connectivity index (χ0) is 21.9. The molecule has 0 aliphatic rings. The van der Waals surface area contributed by atoms with E-state index in [2.05, 4.69) is 15.3 Å². The molecule has 1 heterocycles. The minimum Gasteiger partial charge on any atom is -0.493 e. The van der Waals surface area contributed by atoms with Gasteiger partial charge in [-0.2, -0.15) is 0 Å². The molecule has 1 aromatic heterocycles. The van der Waals surface area contributed by atoms with Crippen molar-refractivity contribution in [3.05, 3.63) is 48.0 Å². The fraction of sp³-hybridized carbons (Fsp3) is 0.455. The van der Waals surface area contributed by atoms with E-state index in [9.17, 15) is 9.59 Å². The van der Waals surface area contributed by atoms with Gasteiger partial charge in [-0.3, -0.25) is 14.6 Å². The van der Waals surface area contributed by atoms with Crippen molar-refractivity contribution in [1.29, 1.82) is 0 Å². The highest BCUT2D eigenvalue weighted by Gasteiger charge is 2.22. The molecule has 1 N–H and O–H groups in total. The second-order valence-corrected chi connectivity index (χ2v) is 6.89. The van der Waals surface area contributed by atoms with Crippen molar-refractivity contribution in [3.63, 3.8) is 0 Å². The van der Waals surface area contributed by atoms with Crippen LogP contribution in [0.25, 0.3) is 0 Å². The molecule has 2 amide bonds. The summed E-state index contributed by atoms with van der Waals surface area (Å²) in [6, 6.07) is 5.68. The first-order chi connectivity index (χ1) is 14.5. The number of carbonyl (C=O) groups excluding carboxylic acids is 2. The summed E-state index contributed by atoms with van der Waals surface area (Å²) in [5.41, 5.74) is 1.32. The Morgan fingerprint density at radius 3 is 2.57 bits per heavy atom. The molecule has 2 rings (SSSR count). The third-order valence-electron chi connectivity index (χ3n) is 4.93. The van der Waals surface area contributed by atoms with Crippen molar-refractivity contribution < 1.29 is 19.1 Å². The molecule has 0 aliphatic heterocycles. The molecular formula is C22H30N4O4. The van der Waals surface area contributed by atoms with Gasteiger partial charge >= 0.3 is 0 Å². The zero-order valence-corrected chi connectivity index (χ0v) is 18.1. The summed E-state index contributed by atoms with van der Waals surface area (Å²) in [7, 11) is 3.18. The SMILES string of the molecule is CCC(C)N(CCC(=O)NCCc1ccc(OC)c(OC)c1)C(=O)c1cnccn1. The predicted molar refractivity (Wildman–Crippen MR) is 114 cm³/mol. The highest BCUT2D eigenvalue weighted by molar-refractivity contribution is 5.92. The zero-order valence-electron chi connectivity index (χ0n) is 18.1. The van der Waals surface area contributed by atoms with E-state index in [0.717, 1.165) is 12.0 Å². The molecule has 0 saturated heterocycles. The fourth-order valence-corrected chi connectivity index (χ4v) is 2.99. The average molecular weight is 415 g/mol. The van der Waals surface area contributed by atoms with Crippen LogP contribution in [0.4, 0.5) is 0 Å². The molecule has 0 radical (unpaired) electrons. The molecule has 1 atom stereocenters. The van der Waals surface area contributed by atoms with E-state index in [0.29, 0.717) is 31.0 Å². The Labute approximate surface area is 177 Å². The lowest BCUT2D eigenvalue weighted by molar-refractivity contribution is -0.121. The van der Waals surface area contributed by atoms with Crippen molar-refractivity contribution in [2.45, 2.75) is 39.2 Å². The molecule has 30 heavy (non-hydrogen) atoms. The summed E-state index contributed by atoms with van der Waals surface area (Å²) >= 11 is 0. The number of ether oxygens (including phenoxy) is 2. The number of carbonyl (C=O) groups is 2. The molecule has 0 saturated carbocycles. The normalized spacial score (nSPS) is 11.5. The average Bonchev–Trinajstić information content (AvgIpc) is 2.79.